The van der Waals surface area contributed by atoms with Crippen molar-refractivity contribution in [3.63, 3.8) is 0 Å². The van der Waals surface area contributed by atoms with Crippen LogP contribution in [0, 0.1) is 0 Å². The van der Waals surface area contributed by atoms with Gasteiger partial charge < -0.3 is 18.9 Å². The van der Waals surface area contributed by atoms with Crippen LogP contribution in [0.4, 0.5) is 15.5 Å². The number of rotatable bonds is 8. The first kappa shape index (κ1) is 39.0. The highest BCUT2D eigenvalue weighted by Gasteiger charge is 2.44. The van der Waals surface area contributed by atoms with Crippen molar-refractivity contribution in [2.45, 2.75) is 109 Å². The van der Waals surface area contributed by atoms with E-state index in [1.165, 1.54) is 17.5 Å². The summed E-state index contributed by atoms with van der Waals surface area (Å²) in [6.45, 7) is 16.0. The smallest absolute Gasteiger partial charge is 0.427 e. The fourth-order valence-electron chi connectivity index (χ4n) is 5.81. The highest BCUT2D eigenvalue weighted by molar-refractivity contribution is 7.90. The molecule has 6 rings (SSSR count). The van der Waals surface area contributed by atoms with Gasteiger partial charge in [0.25, 0.3) is 0 Å². The maximum atomic E-state index is 13.6. The number of hydrogen-bond acceptors (Lipinski definition) is 12. The first-order valence-corrected chi connectivity index (χ1v) is 19.9. The Morgan fingerprint density at radius 3 is 2.26 bits per heavy atom. The standard InChI is InChI=1S/C37H44ClN5O8S2/c1-34(2,3)49-32(44)43(33(45)50-35(4,5)6)31-40-19-25(38)28(41-31)29(42-53(46,47)23-13-14-23)27-17-21-11-10-12-24(30(21)52-27)26-18-22(15-16-39-26)37(9)20-48-36(7,8)51-37/h10-12,15-19,23,29,42H,13-14,20H2,1-9H3. The number of nitrogens with zero attached hydrogens (tertiary/aromatic N) is 4. The van der Waals surface area contributed by atoms with E-state index < -0.39 is 62.0 Å². The van der Waals surface area contributed by atoms with Crippen molar-refractivity contribution < 1.29 is 37.0 Å². The number of imide groups is 1. The third-order valence-corrected chi connectivity index (χ3v) is 11.7. The van der Waals surface area contributed by atoms with Crippen molar-refractivity contribution in [3.05, 3.63) is 69.9 Å². The number of amides is 2. The van der Waals surface area contributed by atoms with Gasteiger partial charge in [-0.15, -0.1) is 16.2 Å². The van der Waals surface area contributed by atoms with Gasteiger partial charge in [0.2, 0.25) is 16.0 Å². The molecular weight excluding hydrogens is 742 g/mol. The fraction of sp³-hybridized carbons (Fsp3) is 0.486. The number of carbonyl (C=O) groups is 2. The Morgan fingerprint density at radius 2 is 1.68 bits per heavy atom. The number of hydrogen-bond donors (Lipinski definition) is 1. The summed E-state index contributed by atoms with van der Waals surface area (Å²) >= 11 is 8.09. The van der Waals surface area contributed by atoms with E-state index >= 15 is 0 Å². The molecule has 13 nitrogen and oxygen atoms in total. The molecule has 284 valence electrons. The Morgan fingerprint density at radius 1 is 1.02 bits per heavy atom. The van der Waals surface area contributed by atoms with Crippen LogP contribution in [0.3, 0.4) is 0 Å². The van der Waals surface area contributed by atoms with Crippen LogP contribution in [0.25, 0.3) is 21.3 Å². The van der Waals surface area contributed by atoms with Crippen LogP contribution < -0.4 is 9.62 Å². The summed E-state index contributed by atoms with van der Waals surface area (Å²) in [5.41, 5.74) is -0.206. The number of thiophene rings is 1. The summed E-state index contributed by atoms with van der Waals surface area (Å²) in [7, 11) is -3.84. The summed E-state index contributed by atoms with van der Waals surface area (Å²) in [5.74, 6) is -1.14. The molecule has 16 heteroatoms. The Bertz CT molecular complexity index is 2150. The van der Waals surface area contributed by atoms with Crippen molar-refractivity contribution in [1.82, 2.24) is 19.7 Å². The average Bonchev–Trinajstić information content (AvgIpc) is 3.75. The number of halogens is 1. The monoisotopic (exact) mass is 785 g/mol. The van der Waals surface area contributed by atoms with Crippen molar-refractivity contribution in [3.8, 4) is 11.3 Å². The summed E-state index contributed by atoms with van der Waals surface area (Å²) in [6.07, 6.45) is 1.81. The number of benzene rings is 1. The van der Waals surface area contributed by atoms with Gasteiger partial charge >= 0.3 is 12.2 Å². The van der Waals surface area contributed by atoms with Gasteiger partial charge in [0.1, 0.15) is 16.8 Å². The predicted molar refractivity (Wildman–Crippen MR) is 202 cm³/mol. The lowest BCUT2D eigenvalue weighted by Crippen LogP contribution is -2.45. The molecular formula is C37H44ClN5O8S2. The number of nitrogens with one attached hydrogen (secondary N) is 1. The molecule has 1 N–H and O–H groups in total. The number of ether oxygens (including phenoxy) is 4. The predicted octanol–water partition coefficient (Wildman–Crippen LogP) is 8.25. The van der Waals surface area contributed by atoms with Crippen LogP contribution in [0.2, 0.25) is 5.02 Å². The number of pyridine rings is 1. The second kappa shape index (κ2) is 13.8. The van der Waals surface area contributed by atoms with Gasteiger partial charge in [0.05, 0.1) is 40.5 Å². The molecule has 2 atom stereocenters. The van der Waals surface area contributed by atoms with Gasteiger partial charge in [-0.1, -0.05) is 29.8 Å². The van der Waals surface area contributed by atoms with Crippen LogP contribution in [0.5, 0.6) is 0 Å². The topological polar surface area (TPSA) is 159 Å². The molecule has 2 unspecified atom stereocenters. The molecule has 0 radical (unpaired) electrons. The molecule has 0 bridgehead atoms. The first-order valence-electron chi connectivity index (χ1n) is 17.2. The van der Waals surface area contributed by atoms with E-state index in [2.05, 4.69) is 14.7 Å². The van der Waals surface area contributed by atoms with Crippen LogP contribution in [-0.4, -0.2) is 64.4 Å². The van der Waals surface area contributed by atoms with E-state index in [-0.39, 0.29) is 10.7 Å². The number of aromatic nitrogens is 3. The molecule has 2 fully saturated rings. The fourth-order valence-corrected chi connectivity index (χ4v) is 8.84. The zero-order valence-corrected chi connectivity index (χ0v) is 33.5. The number of anilines is 1. The molecule has 1 saturated heterocycles. The Hall–Kier alpha value is -3.73. The zero-order chi connectivity index (χ0) is 38.7. The number of carbonyl (C=O) groups excluding carboxylic acids is 2. The van der Waals surface area contributed by atoms with Gasteiger partial charge in [0, 0.05) is 21.3 Å². The highest BCUT2D eigenvalue weighted by atomic mass is 35.5. The minimum Gasteiger partial charge on any atom is -0.443 e. The van der Waals surface area contributed by atoms with Gasteiger partial charge in [-0.25, -0.2) is 32.7 Å². The SMILES string of the molecule is CC(C)(C)OC(=O)N(C(=O)OC(C)(C)C)c1ncc(Cl)c(C(NS(=O)(=O)C2CC2)c2cc3cccc(-c4cc(C5(C)COC(C)(C)O5)ccn4)c3s2)n1. The molecule has 3 aromatic heterocycles. The first-order chi connectivity index (χ1) is 24.5. The summed E-state index contributed by atoms with van der Waals surface area (Å²) in [4.78, 5) is 41.5. The van der Waals surface area contributed by atoms with E-state index in [0.29, 0.717) is 34.9 Å². The number of sulfonamides is 1. The van der Waals surface area contributed by atoms with Gasteiger partial charge in [-0.05, 0) is 104 Å². The molecule has 0 spiro atoms. The molecule has 2 aliphatic rings. The molecule has 2 amide bonds. The highest BCUT2D eigenvalue weighted by Crippen LogP contribution is 2.43. The molecule has 53 heavy (non-hydrogen) atoms. The van der Waals surface area contributed by atoms with E-state index in [1.807, 2.05) is 57.2 Å². The average molecular weight is 786 g/mol. The third kappa shape index (κ3) is 8.82. The minimum atomic E-state index is -3.84. The number of fused-ring (bicyclic) bond motifs is 1. The molecule has 4 heterocycles. The molecule has 1 aliphatic heterocycles. The second-order valence-corrected chi connectivity index (χ2v) is 19.3. The molecule has 1 saturated carbocycles. The van der Waals surface area contributed by atoms with Crippen LogP contribution in [0.1, 0.15) is 97.3 Å². The van der Waals surface area contributed by atoms with Gasteiger partial charge in [0.15, 0.2) is 5.79 Å². The van der Waals surface area contributed by atoms with Crippen molar-refractivity contribution in [2.24, 2.45) is 0 Å². The largest absolute Gasteiger partial charge is 0.443 e. The van der Waals surface area contributed by atoms with Gasteiger partial charge in [-0.3, -0.25) is 4.98 Å². The van der Waals surface area contributed by atoms with Crippen molar-refractivity contribution in [2.75, 3.05) is 11.5 Å². The normalized spacial score (nSPS) is 19.6. The van der Waals surface area contributed by atoms with Crippen LogP contribution >= 0.6 is 22.9 Å². The van der Waals surface area contributed by atoms with Crippen molar-refractivity contribution >= 4 is 61.2 Å². The van der Waals surface area contributed by atoms with E-state index in [0.717, 1.165) is 21.2 Å². The molecule has 1 aromatic carbocycles. The molecule has 1 aliphatic carbocycles. The lowest BCUT2D eigenvalue weighted by molar-refractivity contribution is -0.159. The summed E-state index contributed by atoms with van der Waals surface area (Å²) < 4.78 is 54.0. The molecule has 4 aromatic rings. The van der Waals surface area contributed by atoms with E-state index in [9.17, 15) is 18.0 Å². The Balaban J connectivity index is 1.46. The summed E-state index contributed by atoms with van der Waals surface area (Å²) in [6, 6.07) is 10.4. The van der Waals surface area contributed by atoms with Gasteiger partial charge in [-0.2, -0.15) is 0 Å². The maximum absolute atomic E-state index is 13.6. The minimum absolute atomic E-state index is 0.00701. The Labute approximate surface area is 318 Å². The lowest BCUT2D eigenvalue weighted by Gasteiger charge is -2.28. The quantitative estimate of drug-likeness (QED) is 0.183. The van der Waals surface area contributed by atoms with Crippen LogP contribution in [-0.2, 0) is 34.6 Å². The van der Waals surface area contributed by atoms with E-state index in [4.69, 9.17) is 35.5 Å². The Kier molecular flexibility index (Phi) is 10.2. The van der Waals surface area contributed by atoms with Crippen LogP contribution in [0.15, 0.2) is 48.8 Å². The maximum Gasteiger partial charge on any atom is 0.427 e. The second-order valence-electron chi connectivity index (χ2n) is 15.8. The van der Waals surface area contributed by atoms with E-state index in [1.54, 1.807) is 47.7 Å². The lowest BCUT2D eigenvalue weighted by atomic mass is 9.96. The summed E-state index contributed by atoms with van der Waals surface area (Å²) in [5, 5.41) is 0.260. The zero-order valence-electron chi connectivity index (χ0n) is 31.1. The third-order valence-electron chi connectivity index (χ3n) is 8.29. The van der Waals surface area contributed by atoms with Crippen molar-refractivity contribution in [1.29, 1.82) is 0 Å².